The number of hydrogen-bond donors (Lipinski definition) is 2. The van der Waals surface area contributed by atoms with Crippen LogP contribution in [0.1, 0.15) is 36.7 Å². The molecule has 0 spiro atoms. The van der Waals surface area contributed by atoms with E-state index in [9.17, 15) is 9.90 Å². The van der Waals surface area contributed by atoms with Crippen LogP contribution in [-0.4, -0.2) is 38.8 Å². The Bertz CT molecular complexity index is 726. The fourth-order valence-electron chi connectivity index (χ4n) is 3.14. The number of hydrogen-bond acceptors (Lipinski definition) is 4. The number of fused-ring (bicyclic) bond motifs is 1. The van der Waals surface area contributed by atoms with Gasteiger partial charge < -0.3 is 10.4 Å². The van der Waals surface area contributed by atoms with Crippen molar-refractivity contribution in [1.82, 2.24) is 20.0 Å². The molecule has 3 rings (SSSR count). The Morgan fingerprint density at radius 2 is 2.20 bits per heavy atom. The van der Waals surface area contributed by atoms with Crippen molar-refractivity contribution in [3.8, 4) is 5.75 Å². The Kier molecular flexibility index (Phi) is 5.71. The molecule has 6 nitrogen and oxygen atoms in total. The third-order valence-electron chi connectivity index (χ3n) is 4.50. The highest BCUT2D eigenvalue weighted by Crippen LogP contribution is 2.15. The lowest BCUT2D eigenvalue weighted by molar-refractivity contribution is -0.120. The van der Waals surface area contributed by atoms with E-state index in [2.05, 4.69) is 33.0 Å². The minimum atomic E-state index is -0.0684. The molecular weight excluding hydrogens is 316 g/mol. The zero-order valence-electron chi connectivity index (χ0n) is 14.7. The first-order valence-electron chi connectivity index (χ1n) is 8.96. The fourth-order valence-corrected chi connectivity index (χ4v) is 3.14. The zero-order valence-corrected chi connectivity index (χ0v) is 14.7. The summed E-state index contributed by atoms with van der Waals surface area (Å²) in [6, 6.07) is 8.87. The second kappa shape index (κ2) is 8.16. The molecule has 25 heavy (non-hydrogen) atoms. The number of rotatable bonds is 7. The number of carbonyl (C=O) groups excluding carboxylic acids is 1. The van der Waals surface area contributed by atoms with Crippen molar-refractivity contribution in [1.29, 1.82) is 0 Å². The molecule has 134 valence electrons. The van der Waals surface area contributed by atoms with E-state index in [4.69, 9.17) is 0 Å². The number of nitrogens with one attached hydrogen (secondary N) is 1. The number of unbranched alkanes of at least 4 members (excludes halogenated alkanes) is 1. The summed E-state index contributed by atoms with van der Waals surface area (Å²) in [5.74, 6) is 0.112. The van der Waals surface area contributed by atoms with Crippen LogP contribution in [0.2, 0.25) is 0 Å². The van der Waals surface area contributed by atoms with E-state index < -0.39 is 0 Å². The van der Waals surface area contributed by atoms with Gasteiger partial charge >= 0.3 is 0 Å². The number of aromatic nitrogens is 2. The maximum atomic E-state index is 12.1. The van der Waals surface area contributed by atoms with Crippen LogP contribution in [0.5, 0.6) is 5.75 Å². The summed E-state index contributed by atoms with van der Waals surface area (Å²) in [6.07, 6.45) is 2.70. The average Bonchev–Trinajstić information content (AvgIpc) is 3.00. The molecule has 1 amide bonds. The number of nitrogens with zero attached hydrogens (tertiary/aromatic N) is 3. The van der Waals surface area contributed by atoms with E-state index >= 15 is 0 Å². The first kappa shape index (κ1) is 17.5. The number of amides is 1. The van der Waals surface area contributed by atoms with E-state index in [0.29, 0.717) is 6.54 Å². The quantitative estimate of drug-likeness (QED) is 0.808. The number of aromatic hydroxyl groups is 1. The highest BCUT2D eigenvalue weighted by Gasteiger charge is 2.18. The van der Waals surface area contributed by atoms with Gasteiger partial charge in [0.05, 0.1) is 30.9 Å². The van der Waals surface area contributed by atoms with Crippen LogP contribution in [-0.2, 0) is 30.8 Å². The summed E-state index contributed by atoms with van der Waals surface area (Å²) in [5, 5.41) is 17.0. The van der Waals surface area contributed by atoms with Gasteiger partial charge in [0.1, 0.15) is 5.75 Å². The second-order valence-corrected chi connectivity index (χ2v) is 6.60. The molecule has 0 atom stereocenters. The predicted octanol–water partition coefficient (Wildman–Crippen LogP) is 2.06. The molecule has 0 aliphatic carbocycles. The van der Waals surface area contributed by atoms with Crippen molar-refractivity contribution in [2.75, 3.05) is 13.1 Å². The summed E-state index contributed by atoms with van der Waals surface area (Å²) < 4.78 is 2.05. The summed E-state index contributed by atoms with van der Waals surface area (Å²) >= 11 is 0. The van der Waals surface area contributed by atoms with Gasteiger partial charge in [0.2, 0.25) is 5.91 Å². The molecule has 0 saturated carbocycles. The van der Waals surface area contributed by atoms with E-state index in [1.54, 1.807) is 18.2 Å². The van der Waals surface area contributed by atoms with Crippen LogP contribution in [0, 0.1) is 0 Å². The van der Waals surface area contributed by atoms with Crippen molar-refractivity contribution >= 4 is 5.91 Å². The minimum Gasteiger partial charge on any atom is -0.508 e. The van der Waals surface area contributed by atoms with Crippen molar-refractivity contribution in [3.05, 3.63) is 47.3 Å². The van der Waals surface area contributed by atoms with Gasteiger partial charge in [-0.2, -0.15) is 5.10 Å². The van der Waals surface area contributed by atoms with Gasteiger partial charge in [-0.1, -0.05) is 25.5 Å². The Morgan fingerprint density at radius 3 is 3.00 bits per heavy atom. The van der Waals surface area contributed by atoms with Gasteiger partial charge in [-0.15, -0.1) is 0 Å². The molecule has 1 aliphatic heterocycles. The number of phenolic OH excluding ortho intramolecular Hbond substituents is 1. The molecule has 0 fully saturated rings. The van der Waals surface area contributed by atoms with E-state index in [0.717, 1.165) is 37.4 Å². The number of phenols is 1. The van der Waals surface area contributed by atoms with Gasteiger partial charge in [-0.3, -0.25) is 14.4 Å². The van der Waals surface area contributed by atoms with Crippen molar-refractivity contribution in [2.45, 2.75) is 45.8 Å². The molecule has 2 N–H and O–H groups in total. The van der Waals surface area contributed by atoms with Crippen LogP contribution in [0.3, 0.4) is 0 Å². The molecule has 0 radical (unpaired) electrons. The van der Waals surface area contributed by atoms with Crippen LogP contribution in [0.25, 0.3) is 0 Å². The monoisotopic (exact) mass is 342 g/mol. The fraction of sp³-hybridized carbons (Fsp3) is 0.474. The smallest absolute Gasteiger partial charge is 0.224 e. The molecule has 6 heteroatoms. The SMILES string of the molecule is CCCCN1CCn2nc(CNC(=O)Cc3cccc(O)c3)cc2C1. The third kappa shape index (κ3) is 4.82. The molecule has 0 unspecified atom stereocenters. The highest BCUT2D eigenvalue weighted by molar-refractivity contribution is 5.78. The van der Waals surface area contributed by atoms with E-state index in [-0.39, 0.29) is 18.1 Å². The van der Waals surface area contributed by atoms with Gasteiger partial charge in [0.15, 0.2) is 0 Å². The minimum absolute atomic E-state index is 0.0684. The van der Waals surface area contributed by atoms with Crippen LogP contribution in [0.4, 0.5) is 0 Å². The molecule has 2 heterocycles. The molecular formula is C19H26N4O2. The summed E-state index contributed by atoms with van der Waals surface area (Å²) in [7, 11) is 0. The first-order chi connectivity index (χ1) is 12.1. The molecule has 2 aromatic rings. The standard InChI is InChI=1S/C19H26N4O2/c1-2-3-7-22-8-9-23-17(14-22)12-16(21-23)13-20-19(25)11-15-5-4-6-18(24)10-15/h4-6,10,12,24H,2-3,7-9,11,13-14H2,1H3,(H,20,25). The maximum absolute atomic E-state index is 12.1. The average molecular weight is 342 g/mol. The van der Waals surface area contributed by atoms with Gasteiger partial charge in [-0.05, 0) is 36.7 Å². The topological polar surface area (TPSA) is 70.4 Å². The predicted molar refractivity (Wildman–Crippen MR) is 96.1 cm³/mol. The van der Waals surface area contributed by atoms with Gasteiger partial charge in [-0.25, -0.2) is 0 Å². The van der Waals surface area contributed by atoms with Crippen molar-refractivity contribution in [2.24, 2.45) is 0 Å². The normalized spacial score (nSPS) is 14.3. The summed E-state index contributed by atoms with van der Waals surface area (Å²) in [6.45, 7) is 6.68. The lowest BCUT2D eigenvalue weighted by atomic mass is 10.1. The number of carbonyl (C=O) groups is 1. The second-order valence-electron chi connectivity index (χ2n) is 6.60. The molecule has 1 aliphatic rings. The van der Waals surface area contributed by atoms with E-state index in [1.807, 2.05) is 6.07 Å². The Morgan fingerprint density at radius 1 is 1.32 bits per heavy atom. The highest BCUT2D eigenvalue weighted by atomic mass is 16.3. The summed E-state index contributed by atoms with van der Waals surface area (Å²) in [5.41, 5.74) is 2.92. The van der Waals surface area contributed by atoms with E-state index in [1.165, 1.54) is 18.5 Å². The largest absolute Gasteiger partial charge is 0.508 e. The molecule has 1 aromatic heterocycles. The summed E-state index contributed by atoms with van der Waals surface area (Å²) in [4.78, 5) is 14.5. The molecule has 0 saturated heterocycles. The van der Waals surface area contributed by atoms with Crippen molar-refractivity contribution in [3.63, 3.8) is 0 Å². The third-order valence-corrected chi connectivity index (χ3v) is 4.50. The number of benzene rings is 1. The Balaban J connectivity index is 1.51. The molecule has 0 bridgehead atoms. The zero-order chi connectivity index (χ0) is 17.6. The van der Waals surface area contributed by atoms with Gasteiger partial charge in [0.25, 0.3) is 0 Å². The maximum Gasteiger partial charge on any atom is 0.224 e. The first-order valence-corrected chi connectivity index (χ1v) is 8.96. The van der Waals surface area contributed by atoms with Crippen LogP contribution < -0.4 is 5.32 Å². The van der Waals surface area contributed by atoms with Crippen LogP contribution in [0.15, 0.2) is 30.3 Å². The lowest BCUT2D eigenvalue weighted by Gasteiger charge is -2.27. The molecule has 1 aromatic carbocycles. The Labute approximate surface area is 148 Å². The van der Waals surface area contributed by atoms with Crippen LogP contribution >= 0.6 is 0 Å². The Hall–Kier alpha value is -2.34. The van der Waals surface area contributed by atoms with Gasteiger partial charge in [0, 0.05) is 13.1 Å². The lowest BCUT2D eigenvalue weighted by Crippen LogP contribution is -2.34. The van der Waals surface area contributed by atoms with Crippen molar-refractivity contribution < 1.29 is 9.90 Å².